The molecule has 0 heterocycles. The van der Waals surface area contributed by atoms with Crippen LogP contribution in [-0.4, -0.2) is 15.2 Å². The summed E-state index contributed by atoms with van der Waals surface area (Å²) in [6, 6.07) is 0. The van der Waals surface area contributed by atoms with E-state index in [9.17, 15) is 0 Å². The van der Waals surface area contributed by atoms with Crippen molar-refractivity contribution in [1.82, 2.24) is 0 Å². The third-order valence-corrected chi connectivity index (χ3v) is 32.4. The summed E-state index contributed by atoms with van der Waals surface area (Å²) in [4.78, 5) is 0. The number of fused-ring (bicyclic) bond motifs is 2. The molecule has 0 N–H and O–H groups in total. The van der Waals surface area contributed by atoms with Crippen LogP contribution in [0, 0.1) is 50.4 Å². The summed E-state index contributed by atoms with van der Waals surface area (Å²) in [7, 11) is 7.56. The first-order valence-electron chi connectivity index (χ1n) is 13.6. The molecule has 0 bridgehead atoms. The van der Waals surface area contributed by atoms with E-state index in [1.807, 2.05) is 0 Å². The molecule has 4 rings (SSSR count). The van der Waals surface area contributed by atoms with Gasteiger partial charge in [-0.25, -0.2) is 0 Å². The molecule has 4 aliphatic carbocycles. The Morgan fingerprint density at radius 2 is 1.45 bits per heavy atom. The molecule has 5 heteroatoms. The Balaban J connectivity index is 0.00000103. The van der Waals surface area contributed by atoms with Gasteiger partial charge >= 0.3 is 37.9 Å². The van der Waals surface area contributed by atoms with Crippen LogP contribution >= 0.6 is 17.0 Å². The van der Waals surface area contributed by atoms with E-state index in [2.05, 4.69) is 40.0 Å². The van der Waals surface area contributed by atoms with E-state index in [1.54, 1.807) is 57.8 Å². The fourth-order valence-corrected chi connectivity index (χ4v) is 23.2. The molecule has 0 aliphatic heterocycles. The molecule has 0 saturated heterocycles. The van der Waals surface area contributed by atoms with Crippen molar-refractivity contribution in [2.45, 2.75) is 128 Å². The first-order chi connectivity index (χ1) is 14.7. The van der Waals surface area contributed by atoms with Crippen molar-refractivity contribution < 1.29 is 20.8 Å². The summed E-state index contributed by atoms with van der Waals surface area (Å²) in [5.74, 6) is 6.63. The molecule has 0 aromatic heterocycles. The van der Waals surface area contributed by atoms with Crippen molar-refractivity contribution in [1.29, 1.82) is 0 Å². The molecule has 4 aliphatic rings. The van der Waals surface area contributed by atoms with Crippen LogP contribution in [0.5, 0.6) is 0 Å². The van der Waals surface area contributed by atoms with Crippen molar-refractivity contribution in [2.24, 2.45) is 35.5 Å². The second kappa shape index (κ2) is 14.2. The summed E-state index contributed by atoms with van der Waals surface area (Å²) in [5, 5.41) is 0. The Kier molecular flexibility index (Phi) is 14.1. The molecule has 0 radical (unpaired) electrons. The molecular weight excluding hydrogens is 555 g/mol. The van der Waals surface area contributed by atoms with E-state index in [0.717, 1.165) is 41.0 Å². The Labute approximate surface area is 230 Å². The van der Waals surface area contributed by atoms with E-state index in [0.29, 0.717) is 0 Å². The molecule has 194 valence electrons. The predicted molar refractivity (Wildman–Crippen MR) is 155 cm³/mol. The van der Waals surface area contributed by atoms with Gasteiger partial charge < -0.3 is 14.9 Å². The van der Waals surface area contributed by atoms with Crippen molar-refractivity contribution in [3.05, 3.63) is 14.9 Å². The van der Waals surface area contributed by atoms with Crippen molar-refractivity contribution >= 4 is 32.2 Å². The van der Waals surface area contributed by atoms with Crippen molar-refractivity contribution in [2.75, 3.05) is 0 Å². The normalized spacial score (nSPS) is 37.6. The van der Waals surface area contributed by atoms with Gasteiger partial charge in [0.1, 0.15) is 0 Å². The Morgan fingerprint density at radius 3 is 2.09 bits per heavy atom. The molecule has 0 nitrogen and oxygen atoms in total. The van der Waals surface area contributed by atoms with Gasteiger partial charge in [0.05, 0.1) is 0 Å². The van der Waals surface area contributed by atoms with Gasteiger partial charge in [0.15, 0.2) is 0 Å². The van der Waals surface area contributed by atoms with Crippen molar-refractivity contribution in [3.63, 3.8) is 0 Å². The number of hydrogen-bond donors (Lipinski definition) is 0. The van der Waals surface area contributed by atoms with E-state index in [-0.39, 0.29) is 14.9 Å². The molecule has 0 spiro atoms. The molecule has 0 aromatic carbocycles. The molecule has 0 amide bonds. The van der Waals surface area contributed by atoms with Gasteiger partial charge in [0, 0.05) is 15.2 Å². The fraction of sp³-hybridized carbons (Fsp3) is 0.929. The first kappa shape index (κ1) is 32.9. The summed E-state index contributed by atoms with van der Waals surface area (Å²) < 4.78 is 0. The van der Waals surface area contributed by atoms with E-state index < -0.39 is 36.0 Å². The van der Waals surface area contributed by atoms with Gasteiger partial charge in [-0.15, -0.1) is 0 Å². The van der Waals surface area contributed by atoms with Crippen LogP contribution in [0.25, 0.3) is 0 Å². The van der Waals surface area contributed by atoms with Crippen LogP contribution in [-0.2, 0) is 20.8 Å². The van der Waals surface area contributed by atoms with Crippen LogP contribution in [0.4, 0.5) is 0 Å². The Morgan fingerprint density at radius 1 is 0.788 bits per heavy atom. The molecular formula is C28H56Cl2Si2Zr. The monoisotopic (exact) mass is 608 g/mol. The average molecular weight is 611 g/mol. The zero-order valence-corrected chi connectivity index (χ0v) is 29.3. The van der Waals surface area contributed by atoms with Gasteiger partial charge in [-0.05, 0) is 65.9 Å². The minimum atomic E-state index is -1.17. The molecule has 8 unspecified atom stereocenters. The standard InChI is InChI=1S/C26H50Si2.2CH3.2ClH.Zr/c1-7-8-10-20-13-14-22(17-20)27(3,4)28(5,6)26-16-15-24-19(2)23-12-9-11-21(23)18-25(24)26;;;;;/h19-26H,7-18H2,1-6H3;2*1H3;2*1H;/q;2*-1;;;+4/p-2. The number of halogens is 2. The summed E-state index contributed by atoms with van der Waals surface area (Å²) >= 11 is -0.826. The SMILES string of the molecule is CCCCC1CCC([Si](C)(C)[Si](C)(C)C2CCC3C(C)C4CCCC4CC32)C1.[CH3-].[CH3-].[Cl][Zr+2][Cl]. The summed E-state index contributed by atoms with van der Waals surface area (Å²) in [6.45, 7) is 16.6. The Hall–Kier alpha value is 1.90. The zero-order valence-electron chi connectivity index (χ0n) is 23.4. The molecule has 4 saturated carbocycles. The Bertz CT molecular complexity index is 570. The zero-order chi connectivity index (χ0) is 22.8. The van der Waals surface area contributed by atoms with Crippen LogP contribution in [0.1, 0.15) is 90.9 Å². The fourth-order valence-electron chi connectivity index (χ4n) is 9.19. The van der Waals surface area contributed by atoms with Gasteiger partial charge in [-0.2, -0.15) is 0 Å². The van der Waals surface area contributed by atoms with Gasteiger partial charge in [0.25, 0.3) is 0 Å². The van der Waals surface area contributed by atoms with E-state index in [1.165, 1.54) is 24.8 Å². The van der Waals surface area contributed by atoms with Crippen LogP contribution in [0.3, 0.4) is 0 Å². The maximum absolute atomic E-state index is 4.93. The number of hydrogen-bond acceptors (Lipinski definition) is 0. The van der Waals surface area contributed by atoms with Crippen LogP contribution in [0.2, 0.25) is 37.3 Å². The van der Waals surface area contributed by atoms with Gasteiger partial charge in [-0.1, -0.05) is 97.8 Å². The second-order valence-corrected chi connectivity index (χ2v) is 32.9. The summed E-state index contributed by atoms with van der Waals surface area (Å²) in [6.07, 6.45) is 18.8. The predicted octanol–water partition coefficient (Wildman–Crippen LogP) is 11.0. The number of unbranched alkanes of at least 4 members (excludes halogenated alkanes) is 1. The topological polar surface area (TPSA) is 0 Å². The minimum absolute atomic E-state index is 0. The van der Waals surface area contributed by atoms with E-state index >= 15 is 0 Å². The van der Waals surface area contributed by atoms with Crippen LogP contribution in [0.15, 0.2) is 0 Å². The second-order valence-electron chi connectivity index (χ2n) is 13.0. The average Bonchev–Trinajstić information content (AvgIpc) is 3.46. The van der Waals surface area contributed by atoms with Crippen LogP contribution < -0.4 is 0 Å². The van der Waals surface area contributed by atoms with Crippen molar-refractivity contribution in [3.8, 4) is 0 Å². The molecule has 8 atom stereocenters. The van der Waals surface area contributed by atoms with Gasteiger partial charge in [0.2, 0.25) is 0 Å². The molecule has 0 aromatic rings. The van der Waals surface area contributed by atoms with Gasteiger partial charge in [-0.3, -0.25) is 0 Å². The number of rotatable bonds is 6. The maximum atomic E-state index is 4.93. The molecule has 4 fully saturated rings. The third kappa shape index (κ3) is 6.86. The quantitative estimate of drug-likeness (QED) is 0.207. The molecule has 33 heavy (non-hydrogen) atoms. The first-order valence-corrected chi connectivity index (χ1v) is 27.1. The summed E-state index contributed by atoms with van der Waals surface area (Å²) in [5.41, 5.74) is 2.34. The van der Waals surface area contributed by atoms with E-state index in [4.69, 9.17) is 17.0 Å². The third-order valence-electron chi connectivity index (χ3n) is 11.6.